The average molecular weight is 410 g/mol. The molecule has 1 N–H and O–H groups in total. The lowest BCUT2D eigenvalue weighted by molar-refractivity contribution is -0.116. The van der Waals surface area contributed by atoms with E-state index in [1.54, 1.807) is 23.7 Å². The first kappa shape index (κ1) is 18.9. The number of sulfonamides is 1. The summed E-state index contributed by atoms with van der Waals surface area (Å²) >= 11 is 0. The van der Waals surface area contributed by atoms with E-state index in [4.69, 9.17) is 0 Å². The Hall–Kier alpha value is -3.46. The van der Waals surface area contributed by atoms with E-state index in [9.17, 15) is 18.0 Å². The maximum absolute atomic E-state index is 12.6. The van der Waals surface area contributed by atoms with Crippen molar-refractivity contribution < 1.29 is 18.0 Å². The molecule has 0 spiro atoms. The van der Waals surface area contributed by atoms with Gasteiger partial charge >= 0.3 is 0 Å². The van der Waals surface area contributed by atoms with Crippen LogP contribution in [0, 0.1) is 13.8 Å². The summed E-state index contributed by atoms with van der Waals surface area (Å²) in [5.74, 6) is -0.958. The average Bonchev–Trinajstić information content (AvgIpc) is 3.13. The van der Waals surface area contributed by atoms with E-state index in [-0.39, 0.29) is 10.5 Å². The highest BCUT2D eigenvalue weighted by Gasteiger charge is 2.41. The van der Waals surface area contributed by atoms with Gasteiger partial charge in [-0.2, -0.15) is 5.10 Å². The van der Waals surface area contributed by atoms with E-state index >= 15 is 0 Å². The number of nitrogens with one attached hydrogen (secondary N) is 1. The van der Waals surface area contributed by atoms with Crippen LogP contribution in [0.3, 0.4) is 0 Å². The number of amides is 2. The van der Waals surface area contributed by atoms with Crippen molar-refractivity contribution in [3.8, 4) is 5.69 Å². The Morgan fingerprint density at radius 1 is 1.07 bits per heavy atom. The zero-order valence-electron chi connectivity index (χ0n) is 15.8. The van der Waals surface area contributed by atoms with E-state index in [0.717, 1.165) is 11.3 Å². The minimum atomic E-state index is -4.04. The van der Waals surface area contributed by atoms with Crippen molar-refractivity contribution in [2.45, 2.75) is 18.7 Å². The predicted molar refractivity (Wildman–Crippen MR) is 106 cm³/mol. The van der Waals surface area contributed by atoms with Gasteiger partial charge in [-0.05, 0) is 38.1 Å². The van der Waals surface area contributed by atoms with Crippen LogP contribution in [0.4, 0.5) is 5.82 Å². The van der Waals surface area contributed by atoms with Crippen LogP contribution in [-0.4, -0.2) is 40.9 Å². The van der Waals surface area contributed by atoms with Crippen molar-refractivity contribution in [3.05, 3.63) is 71.4 Å². The van der Waals surface area contributed by atoms with E-state index in [0.29, 0.717) is 15.8 Å². The minimum Gasteiger partial charge on any atom is -0.309 e. The first-order valence-corrected chi connectivity index (χ1v) is 10.3. The van der Waals surface area contributed by atoms with E-state index in [1.807, 2.05) is 31.2 Å². The number of aryl methyl sites for hydroxylation is 2. The van der Waals surface area contributed by atoms with Gasteiger partial charge in [0, 0.05) is 6.07 Å². The highest BCUT2D eigenvalue weighted by atomic mass is 32.2. The molecule has 8 nitrogen and oxygen atoms in total. The molecule has 0 unspecified atom stereocenters. The molecule has 3 aromatic rings. The summed E-state index contributed by atoms with van der Waals surface area (Å²) in [5, 5.41) is 7.03. The first-order chi connectivity index (χ1) is 13.8. The zero-order valence-corrected chi connectivity index (χ0v) is 16.6. The second-order valence-electron chi connectivity index (χ2n) is 6.78. The van der Waals surface area contributed by atoms with Crippen LogP contribution in [0.15, 0.2) is 59.5 Å². The second kappa shape index (κ2) is 6.85. The molecule has 0 saturated heterocycles. The molecule has 148 valence electrons. The predicted octanol–water partition coefficient (Wildman–Crippen LogP) is 2.27. The molecule has 0 atom stereocenters. The molecule has 0 aliphatic carbocycles. The lowest BCUT2D eigenvalue weighted by atomic mass is 10.2. The van der Waals surface area contributed by atoms with Gasteiger partial charge in [0.1, 0.15) is 17.3 Å². The Balaban J connectivity index is 1.58. The largest absolute Gasteiger partial charge is 0.309 e. The Morgan fingerprint density at radius 2 is 1.76 bits per heavy atom. The lowest BCUT2D eigenvalue weighted by Gasteiger charge is -2.15. The van der Waals surface area contributed by atoms with Gasteiger partial charge in [0.05, 0.1) is 16.9 Å². The van der Waals surface area contributed by atoms with Crippen LogP contribution in [0.1, 0.15) is 21.6 Å². The fourth-order valence-corrected chi connectivity index (χ4v) is 4.70. The summed E-state index contributed by atoms with van der Waals surface area (Å²) in [5.41, 5.74) is 2.58. The number of hydrogen-bond donors (Lipinski definition) is 1. The number of fused-ring (bicyclic) bond motifs is 1. The Kier molecular flexibility index (Phi) is 4.46. The maximum Gasteiger partial charge on any atom is 0.269 e. The molecular weight excluding hydrogens is 392 g/mol. The molecule has 1 aliphatic rings. The maximum atomic E-state index is 12.6. The van der Waals surface area contributed by atoms with Crippen LogP contribution in [0.2, 0.25) is 0 Å². The molecule has 0 bridgehead atoms. The van der Waals surface area contributed by atoms with Gasteiger partial charge < -0.3 is 5.32 Å². The molecule has 0 radical (unpaired) electrons. The number of carbonyl (C=O) groups is 2. The summed E-state index contributed by atoms with van der Waals surface area (Å²) in [6, 6.07) is 15.2. The topological polar surface area (TPSA) is 101 Å². The van der Waals surface area contributed by atoms with E-state index in [1.165, 1.54) is 18.2 Å². The third-order valence-corrected chi connectivity index (χ3v) is 6.36. The van der Waals surface area contributed by atoms with Gasteiger partial charge in [0.2, 0.25) is 5.91 Å². The van der Waals surface area contributed by atoms with Crippen LogP contribution in [0.5, 0.6) is 0 Å². The Bertz CT molecular complexity index is 1230. The first-order valence-electron chi connectivity index (χ1n) is 8.87. The molecule has 1 aromatic heterocycles. The fourth-order valence-electron chi connectivity index (χ4n) is 3.17. The van der Waals surface area contributed by atoms with Crippen LogP contribution in [0.25, 0.3) is 5.69 Å². The zero-order chi connectivity index (χ0) is 20.8. The summed E-state index contributed by atoms with van der Waals surface area (Å²) < 4.78 is 27.4. The number of anilines is 1. The minimum absolute atomic E-state index is 0.0702. The summed E-state index contributed by atoms with van der Waals surface area (Å²) in [4.78, 5) is 25.0. The third kappa shape index (κ3) is 3.29. The van der Waals surface area contributed by atoms with Crippen molar-refractivity contribution in [3.63, 3.8) is 0 Å². The lowest BCUT2D eigenvalue weighted by Crippen LogP contribution is -2.37. The highest BCUT2D eigenvalue weighted by molar-refractivity contribution is 7.90. The fraction of sp³-hybridized carbons (Fsp3) is 0.150. The van der Waals surface area contributed by atoms with Gasteiger partial charge in [0.25, 0.3) is 15.9 Å². The SMILES string of the molecule is Cc1ccc(-n2nc(C)cc2NC(=O)CN2C(=O)c3ccccc3S2(=O)=O)cc1. The van der Waals surface area contributed by atoms with Gasteiger partial charge in [-0.1, -0.05) is 29.8 Å². The smallest absolute Gasteiger partial charge is 0.269 e. The van der Waals surface area contributed by atoms with Crippen molar-refractivity contribution >= 4 is 27.7 Å². The summed E-state index contributed by atoms with van der Waals surface area (Å²) in [7, 11) is -4.04. The van der Waals surface area contributed by atoms with Crippen molar-refractivity contribution in [1.29, 1.82) is 0 Å². The molecule has 4 rings (SSSR count). The third-order valence-electron chi connectivity index (χ3n) is 4.58. The highest BCUT2D eigenvalue weighted by Crippen LogP contribution is 2.29. The number of hydrogen-bond acceptors (Lipinski definition) is 5. The standard InChI is InChI=1S/C20H18N4O4S/c1-13-7-9-15(10-8-13)24-18(11-14(2)22-24)21-19(25)12-23-20(26)16-5-3-4-6-17(16)29(23,27)28/h3-11H,12H2,1-2H3,(H,21,25). The molecule has 2 heterocycles. The van der Waals surface area contributed by atoms with Gasteiger partial charge in [-0.3, -0.25) is 9.59 Å². The number of aromatic nitrogens is 2. The number of nitrogens with zero attached hydrogens (tertiary/aromatic N) is 3. The molecule has 0 saturated carbocycles. The second-order valence-corrected chi connectivity index (χ2v) is 8.61. The van der Waals surface area contributed by atoms with Gasteiger partial charge in [0.15, 0.2) is 0 Å². The quantitative estimate of drug-likeness (QED) is 0.711. The molecular formula is C20H18N4O4S. The molecule has 2 amide bonds. The van der Waals surface area contributed by atoms with Gasteiger partial charge in [-0.25, -0.2) is 17.4 Å². The molecule has 1 aliphatic heterocycles. The van der Waals surface area contributed by atoms with Gasteiger partial charge in [-0.15, -0.1) is 0 Å². The van der Waals surface area contributed by atoms with Crippen LogP contribution < -0.4 is 5.32 Å². The molecule has 29 heavy (non-hydrogen) atoms. The van der Waals surface area contributed by atoms with Crippen molar-refractivity contribution in [1.82, 2.24) is 14.1 Å². The monoisotopic (exact) mass is 410 g/mol. The molecule has 9 heteroatoms. The summed E-state index contributed by atoms with van der Waals surface area (Å²) in [6.07, 6.45) is 0. The Labute approximate surface area is 167 Å². The van der Waals surface area contributed by atoms with Crippen LogP contribution in [-0.2, 0) is 14.8 Å². The number of carbonyl (C=O) groups excluding carboxylic acids is 2. The van der Waals surface area contributed by atoms with E-state index < -0.39 is 28.4 Å². The normalized spacial score (nSPS) is 14.7. The van der Waals surface area contributed by atoms with Crippen LogP contribution >= 0.6 is 0 Å². The van der Waals surface area contributed by atoms with Crippen molar-refractivity contribution in [2.24, 2.45) is 0 Å². The van der Waals surface area contributed by atoms with Crippen molar-refractivity contribution in [2.75, 3.05) is 11.9 Å². The number of rotatable bonds is 4. The Morgan fingerprint density at radius 3 is 2.45 bits per heavy atom. The van der Waals surface area contributed by atoms with E-state index in [2.05, 4.69) is 10.4 Å². The molecule has 2 aromatic carbocycles. The number of benzene rings is 2. The molecule has 0 fully saturated rings. The summed E-state index contributed by atoms with van der Waals surface area (Å²) in [6.45, 7) is 3.13.